The van der Waals surface area contributed by atoms with Crippen LogP contribution in [-0.4, -0.2) is 48.3 Å². The third kappa shape index (κ3) is 6.89. The van der Waals surface area contributed by atoms with Crippen molar-refractivity contribution in [1.29, 1.82) is 0 Å². The summed E-state index contributed by atoms with van der Waals surface area (Å²) in [6.07, 6.45) is 1.50. The summed E-state index contributed by atoms with van der Waals surface area (Å²) in [4.78, 5) is 2.54. The largest absolute Gasteiger partial charge is 0.446 e. The van der Waals surface area contributed by atoms with E-state index in [2.05, 4.69) is 10.2 Å². The Morgan fingerprint density at radius 3 is 2.30 bits per heavy atom. The second kappa shape index (κ2) is 9.74. The summed E-state index contributed by atoms with van der Waals surface area (Å²) in [7, 11) is 0. The van der Waals surface area contributed by atoms with Gasteiger partial charge >= 0.3 is 5.51 Å². The number of nitrogens with zero attached hydrogens (tertiary/aromatic N) is 1. The van der Waals surface area contributed by atoms with E-state index < -0.39 is 5.51 Å². The normalized spacial score (nSPS) is 17.6. The molecule has 1 heterocycles. The first-order valence-corrected chi connectivity index (χ1v) is 8.22. The molecule has 2 N–H and O–H groups in total. The van der Waals surface area contributed by atoms with Gasteiger partial charge in [-0.05, 0) is 42.3 Å². The Morgan fingerprint density at radius 1 is 1.17 bits per heavy atom. The molecule has 0 spiro atoms. The fourth-order valence-corrected chi connectivity index (χ4v) is 3.27. The summed E-state index contributed by atoms with van der Waals surface area (Å²) in [5, 5.41) is 12.4. The predicted octanol–water partition coefficient (Wildman–Crippen LogP) is 3.44. The monoisotopic (exact) mass is 370 g/mol. The molecule has 0 aromatic heterocycles. The van der Waals surface area contributed by atoms with Gasteiger partial charge in [-0.3, -0.25) is 4.90 Å². The average molecular weight is 371 g/mol. The highest BCUT2D eigenvalue weighted by Crippen LogP contribution is 2.37. The molecule has 0 bridgehead atoms. The first-order chi connectivity index (χ1) is 10.5. The average Bonchev–Trinajstić information content (AvgIpc) is 2.49. The third-order valence-electron chi connectivity index (χ3n) is 3.73. The highest BCUT2D eigenvalue weighted by Gasteiger charge is 2.29. The molecule has 0 amide bonds. The van der Waals surface area contributed by atoms with Crippen LogP contribution >= 0.6 is 24.2 Å². The number of alkyl halides is 3. The lowest BCUT2D eigenvalue weighted by molar-refractivity contribution is -0.0328. The molecule has 1 aliphatic rings. The Bertz CT molecular complexity index is 453. The molecule has 0 aliphatic carbocycles. The van der Waals surface area contributed by atoms with Crippen molar-refractivity contribution >= 4 is 24.2 Å². The van der Waals surface area contributed by atoms with Crippen LogP contribution in [0.3, 0.4) is 0 Å². The smallest absolute Gasteiger partial charge is 0.396 e. The van der Waals surface area contributed by atoms with Crippen LogP contribution in [0.2, 0.25) is 0 Å². The van der Waals surface area contributed by atoms with Crippen molar-refractivity contribution in [3.8, 4) is 0 Å². The third-order valence-corrected chi connectivity index (χ3v) is 4.47. The minimum atomic E-state index is -4.25. The molecule has 132 valence electrons. The predicted molar refractivity (Wildman–Crippen MR) is 89.1 cm³/mol. The van der Waals surface area contributed by atoms with E-state index in [1.165, 1.54) is 12.1 Å². The van der Waals surface area contributed by atoms with Crippen LogP contribution in [0.1, 0.15) is 24.4 Å². The maximum absolute atomic E-state index is 12.4. The van der Waals surface area contributed by atoms with Crippen LogP contribution < -0.4 is 5.32 Å². The molecular formula is C15H22ClF3N2OS. The van der Waals surface area contributed by atoms with Crippen LogP contribution in [0, 0.1) is 0 Å². The van der Waals surface area contributed by atoms with E-state index in [4.69, 9.17) is 5.11 Å². The molecule has 1 atom stereocenters. The van der Waals surface area contributed by atoms with Crippen LogP contribution in [0.5, 0.6) is 0 Å². The first-order valence-electron chi connectivity index (χ1n) is 7.41. The van der Waals surface area contributed by atoms with Gasteiger partial charge in [0.15, 0.2) is 0 Å². The fraction of sp³-hybridized carbons (Fsp3) is 0.600. The minimum absolute atomic E-state index is 0. The standard InChI is InChI=1S/C15H21F3N2OS.ClH/c16-15(17,18)22-13-5-3-12(4-6-13)14(2-1-11-21)20-9-7-19-8-10-20;/h3-6,14,19,21H,1-2,7-11H2;1H/t14-;/m0./s1. The zero-order chi connectivity index (χ0) is 16.0. The van der Waals surface area contributed by atoms with E-state index in [1.807, 2.05) is 0 Å². The van der Waals surface area contributed by atoms with Gasteiger partial charge in [-0.25, -0.2) is 0 Å². The molecule has 1 aromatic rings. The van der Waals surface area contributed by atoms with Crippen molar-refractivity contribution in [1.82, 2.24) is 10.2 Å². The number of hydrogen-bond donors (Lipinski definition) is 2. The number of piperazine rings is 1. The highest BCUT2D eigenvalue weighted by molar-refractivity contribution is 8.00. The van der Waals surface area contributed by atoms with Crippen LogP contribution in [-0.2, 0) is 0 Å². The van der Waals surface area contributed by atoms with Gasteiger partial charge in [-0.2, -0.15) is 13.2 Å². The fourth-order valence-electron chi connectivity index (χ4n) is 2.73. The number of aliphatic hydroxyl groups excluding tert-OH is 1. The van der Waals surface area contributed by atoms with Crippen molar-refractivity contribution in [2.24, 2.45) is 0 Å². The number of aliphatic hydroxyl groups is 1. The molecule has 8 heteroatoms. The van der Waals surface area contributed by atoms with Crippen LogP contribution in [0.15, 0.2) is 29.2 Å². The highest BCUT2D eigenvalue weighted by atomic mass is 35.5. The summed E-state index contributed by atoms with van der Waals surface area (Å²) in [5.41, 5.74) is -3.24. The van der Waals surface area contributed by atoms with E-state index in [-0.39, 0.29) is 41.7 Å². The van der Waals surface area contributed by atoms with Gasteiger partial charge in [0.2, 0.25) is 0 Å². The topological polar surface area (TPSA) is 35.5 Å². The molecule has 2 rings (SSSR count). The number of nitrogens with one attached hydrogen (secondary N) is 1. The summed E-state index contributed by atoms with van der Waals surface area (Å²) in [6.45, 7) is 3.78. The van der Waals surface area contributed by atoms with Gasteiger partial charge in [0, 0.05) is 43.7 Å². The Morgan fingerprint density at radius 2 is 1.78 bits per heavy atom. The molecule has 0 unspecified atom stereocenters. The zero-order valence-electron chi connectivity index (χ0n) is 12.7. The summed E-state index contributed by atoms with van der Waals surface area (Å²) >= 11 is -0.0890. The van der Waals surface area contributed by atoms with Crippen molar-refractivity contribution in [2.75, 3.05) is 32.8 Å². The minimum Gasteiger partial charge on any atom is -0.396 e. The molecule has 1 saturated heterocycles. The SMILES string of the molecule is Cl.OCCC[C@@H](c1ccc(SC(F)(F)F)cc1)N1CCNCC1. The Balaban J connectivity index is 0.00000264. The van der Waals surface area contributed by atoms with Crippen molar-refractivity contribution < 1.29 is 18.3 Å². The number of rotatable bonds is 6. The zero-order valence-corrected chi connectivity index (χ0v) is 14.3. The molecule has 1 aromatic carbocycles. The Labute approximate surface area is 145 Å². The molecular weight excluding hydrogens is 349 g/mol. The van der Waals surface area contributed by atoms with E-state index in [1.54, 1.807) is 12.1 Å². The molecule has 0 radical (unpaired) electrons. The van der Waals surface area contributed by atoms with E-state index in [9.17, 15) is 13.2 Å². The van der Waals surface area contributed by atoms with Gasteiger partial charge < -0.3 is 10.4 Å². The lowest BCUT2D eigenvalue weighted by Gasteiger charge is -2.35. The quantitative estimate of drug-likeness (QED) is 0.752. The van der Waals surface area contributed by atoms with E-state index in [0.717, 1.165) is 38.2 Å². The van der Waals surface area contributed by atoms with Gasteiger partial charge in [-0.15, -0.1) is 12.4 Å². The number of hydrogen-bond acceptors (Lipinski definition) is 4. The van der Waals surface area contributed by atoms with Crippen LogP contribution in [0.25, 0.3) is 0 Å². The molecule has 0 saturated carbocycles. The number of benzene rings is 1. The van der Waals surface area contributed by atoms with Gasteiger partial charge in [-0.1, -0.05) is 12.1 Å². The molecule has 1 aliphatic heterocycles. The Hall–Kier alpha value is -0.470. The lowest BCUT2D eigenvalue weighted by Crippen LogP contribution is -2.45. The second-order valence-electron chi connectivity index (χ2n) is 5.28. The van der Waals surface area contributed by atoms with Crippen molar-refractivity contribution in [3.05, 3.63) is 29.8 Å². The summed E-state index contributed by atoms with van der Waals surface area (Å²) in [6, 6.07) is 6.76. The lowest BCUT2D eigenvalue weighted by atomic mass is 10.00. The summed E-state index contributed by atoms with van der Waals surface area (Å²) in [5.74, 6) is 0. The van der Waals surface area contributed by atoms with Crippen molar-refractivity contribution in [3.63, 3.8) is 0 Å². The first kappa shape index (κ1) is 20.6. The maximum Gasteiger partial charge on any atom is 0.446 e. The van der Waals surface area contributed by atoms with Gasteiger partial charge in [0.05, 0.1) is 0 Å². The van der Waals surface area contributed by atoms with E-state index in [0.29, 0.717) is 6.42 Å². The van der Waals surface area contributed by atoms with Gasteiger partial charge in [0.25, 0.3) is 0 Å². The van der Waals surface area contributed by atoms with Crippen molar-refractivity contribution in [2.45, 2.75) is 29.3 Å². The molecule has 1 fully saturated rings. The molecule has 23 heavy (non-hydrogen) atoms. The maximum atomic E-state index is 12.4. The van der Waals surface area contributed by atoms with E-state index >= 15 is 0 Å². The Kier molecular flexibility index (Phi) is 8.71. The number of thioether (sulfide) groups is 1. The molecule has 3 nitrogen and oxygen atoms in total. The summed E-state index contributed by atoms with van der Waals surface area (Å²) < 4.78 is 37.1. The number of halogens is 4. The second-order valence-corrected chi connectivity index (χ2v) is 6.42. The van der Waals surface area contributed by atoms with Crippen LogP contribution in [0.4, 0.5) is 13.2 Å². The van der Waals surface area contributed by atoms with Gasteiger partial charge in [0.1, 0.15) is 0 Å².